The zero-order chi connectivity index (χ0) is 19.3. The summed E-state index contributed by atoms with van der Waals surface area (Å²) < 4.78 is 5.27. The number of carbonyl (C=O) groups is 1. The monoisotopic (exact) mass is 398 g/mol. The van der Waals surface area contributed by atoms with Gasteiger partial charge in [0.25, 0.3) is 0 Å². The van der Waals surface area contributed by atoms with Crippen LogP contribution >= 0.6 is 11.6 Å². The number of aromatic nitrogens is 4. The number of amides is 1. The maximum Gasteiger partial charge on any atom is 0.227 e. The van der Waals surface area contributed by atoms with Crippen molar-refractivity contribution < 1.29 is 9.32 Å². The first-order chi connectivity index (χ1) is 13.7. The molecule has 9 heteroatoms. The van der Waals surface area contributed by atoms with E-state index in [-0.39, 0.29) is 5.91 Å². The first-order valence-corrected chi connectivity index (χ1v) is 9.45. The SMILES string of the molecule is O=C(CCc1nc(-c2ccc(Cl)cc2)no1)N1CCN(c2ncccn2)CC1. The molecule has 1 amide bonds. The van der Waals surface area contributed by atoms with Gasteiger partial charge in [0.15, 0.2) is 0 Å². The molecule has 0 radical (unpaired) electrons. The summed E-state index contributed by atoms with van der Waals surface area (Å²) in [5.41, 5.74) is 0.824. The van der Waals surface area contributed by atoms with E-state index < -0.39 is 0 Å². The van der Waals surface area contributed by atoms with Gasteiger partial charge in [0, 0.05) is 62.0 Å². The normalized spacial score (nSPS) is 14.3. The Bertz CT molecular complexity index is 923. The van der Waals surface area contributed by atoms with Crippen molar-refractivity contribution in [2.75, 3.05) is 31.1 Å². The van der Waals surface area contributed by atoms with Crippen molar-refractivity contribution in [2.24, 2.45) is 0 Å². The van der Waals surface area contributed by atoms with Gasteiger partial charge >= 0.3 is 0 Å². The summed E-state index contributed by atoms with van der Waals surface area (Å²) >= 11 is 5.89. The van der Waals surface area contributed by atoms with Gasteiger partial charge in [-0.15, -0.1) is 0 Å². The molecule has 2 aromatic heterocycles. The van der Waals surface area contributed by atoms with E-state index >= 15 is 0 Å². The highest BCUT2D eigenvalue weighted by molar-refractivity contribution is 6.30. The molecule has 4 rings (SSSR count). The Balaban J connectivity index is 1.28. The van der Waals surface area contributed by atoms with Crippen molar-refractivity contribution in [1.82, 2.24) is 25.0 Å². The Hall–Kier alpha value is -3.00. The highest BCUT2D eigenvalue weighted by Crippen LogP contribution is 2.19. The quantitative estimate of drug-likeness (QED) is 0.652. The number of rotatable bonds is 5. The summed E-state index contributed by atoms with van der Waals surface area (Å²) in [6, 6.07) is 9.00. The molecule has 3 heterocycles. The lowest BCUT2D eigenvalue weighted by atomic mass is 10.2. The van der Waals surface area contributed by atoms with Crippen LogP contribution in [0.15, 0.2) is 47.2 Å². The molecule has 0 unspecified atom stereocenters. The predicted octanol–water partition coefficient (Wildman–Crippen LogP) is 2.46. The maximum atomic E-state index is 12.5. The molecule has 144 valence electrons. The lowest BCUT2D eigenvalue weighted by Gasteiger charge is -2.34. The number of carbonyl (C=O) groups excluding carboxylic acids is 1. The molecule has 8 nitrogen and oxygen atoms in total. The van der Waals surface area contributed by atoms with Crippen LogP contribution in [0.3, 0.4) is 0 Å². The number of nitrogens with zero attached hydrogens (tertiary/aromatic N) is 6. The minimum absolute atomic E-state index is 0.0832. The molecule has 1 aromatic carbocycles. The van der Waals surface area contributed by atoms with Gasteiger partial charge in [-0.3, -0.25) is 4.79 Å². The van der Waals surface area contributed by atoms with Crippen LogP contribution in [0.2, 0.25) is 5.02 Å². The molecule has 1 saturated heterocycles. The maximum absolute atomic E-state index is 12.5. The first-order valence-electron chi connectivity index (χ1n) is 9.07. The van der Waals surface area contributed by atoms with Gasteiger partial charge in [0.1, 0.15) is 0 Å². The topological polar surface area (TPSA) is 88.3 Å². The second-order valence-electron chi connectivity index (χ2n) is 6.44. The van der Waals surface area contributed by atoms with Gasteiger partial charge in [-0.05, 0) is 30.3 Å². The van der Waals surface area contributed by atoms with E-state index in [1.165, 1.54) is 0 Å². The molecule has 3 aromatic rings. The fraction of sp³-hybridized carbons (Fsp3) is 0.316. The average Bonchev–Trinajstić information content (AvgIpc) is 3.22. The molecule has 0 bridgehead atoms. The summed E-state index contributed by atoms with van der Waals surface area (Å²) in [7, 11) is 0. The van der Waals surface area contributed by atoms with Crippen molar-refractivity contribution in [3.63, 3.8) is 0 Å². The molecule has 0 atom stereocenters. The lowest BCUT2D eigenvalue weighted by molar-refractivity contribution is -0.131. The van der Waals surface area contributed by atoms with E-state index in [0.29, 0.717) is 48.6 Å². The number of halogens is 1. The van der Waals surface area contributed by atoms with Crippen molar-refractivity contribution in [3.05, 3.63) is 53.6 Å². The fourth-order valence-corrected chi connectivity index (χ4v) is 3.18. The number of piperazine rings is 1. The van der Waals surface area contributed by atoms with Gasteiger partial charge in [-0.1, -0.05) is 16.8 Å². The van der Waals surface area contributed by atoms with Crippen LogP contribution in [-0.2, 0) is 11.2 Å². The van der Waals surface area contributed by atoms with Gasteiger partial charge in [0.05, 0.1) is 0 Å². The zero-order valence-electron chi connectivity index (χ0n) is 15.2. The molecule has 28 heavy (non-hydrogen) atoms. The number of hydrogen-bond acceptors (Lipinski definition) is 7. The van der Waals surface area contributed by atoms with E-state index in [1.54, 1.807) is 30.6 Å². The Kier molecular flexibility index (Phi) is 5.48. The third-order valence-electron chi connectivity index (χ3n) is 4.59. The largest absolute Gasteiger partial charge is 0.339 e. The fourth-order valence-electron chi connectivity index (χ4n) is 3.05. The molecule has 0 spiro atoms. The summed E-state index contributed by atoms with van der Waals surface area (Å²) in [4.78, 5) is 29.3. The lowest BCUT2D eigenvalue weighted by Crippen LogP contribution is -2.49. The highest BCUT2D eigenvalue weighted by atomic mass is 35.5. The molecule has 0 N–H and O–H groups in total. The zero-order valence-corrected chi connectivity index (χ0v) is 15.9. The van der Waals surface area contributed by atoms with E-state index in [0.717, 1.165) is 18.7 Å². The third kappa shape index (κ3) is 4.28. The van der Waals surface area contributed by atoms with Crippen molar-refractivity contribution in [1.29, 1.82) is 0 Å². The minimum atomic E-state index is 0.0832. The Labute approximate surface area is 167 Å². The Morgan fingerprint density at radius 3 is 2.50 bits per heavy atom. The van der Waals surface area contributed by atoms with Crippen LogP contribution in [0.25, 0.3) is 11.4 Å². The van der Waals surface area contributed by atoms with Crippen LogP contribution in [0, 0.1) is 0 Å². The predicted molar refractivity (Wildman–Crippen MR) is 104 cm³/mol. The van der Waals surface area contributed by atoms with Gasteiger partial charge in [-0.2, -0.15) is 4.98 Å². The summed E-state index contributed by atoms with van der Waals surface area (Å²) in [5.74, 6) is 1.74. The third-order valence-corrected chi connectivity index (χ3v) is 4.84. The van der Waals surface area contributed by atoms with Crippen molar-refractivity contribution in [3.8, 4) is 11.4 Å². The molecule has 1 aliphatic heterocycles. The standard InChI is InChI=1S/C19H19ClN6O2/c20-15-4-2-14(3-5-15)18-23-16(28-24-18)6-7-17(27)25-10-12-26(13-11-25)19-21-8-1-9-22-19/h1-5,8-9H,6-7,10-13H2. The molecule has 0 saturated carbocycles. The van der Waals surface area contributed by atoms with Crippen molar-refractivity contribution in [2.45, 2.75) is 12.8 Å². The highest BCUT2D eigenvalue weighted by Gasteiger charge is 2.22. The molecular weight excluding hydrogens is 380 g/mol. The van der Waals surface area contributed by atoms with Crippen LogP contribution in [0.1, 0.15) is 12.3 Å². The van der Waals surface area contributed by atoms with E-state index in [9.17, 15) is 4.79 Å². The second-order valence-corrected chi connectivity index (χ2v) is 6.87. The van der Waals surface area contributed by atoms with E-state index in [1.807, 2.05) is 17.0 Å². The Morgan fingerprint density at radius 1 is 1.07 bits per heavy atom. The number of hydrogen-bond donors (Lipinski definition) is 0. The minimum Gasteiger partial charge on any atom is -0.339 e. The summed E-state index contributed by atoms with van der Waals surface area (Å²) in [6.07, 6.45) is 4.20. The van der Waals surface area contributed by atoms with Crippen molar-refractivity contribution >= 4 is 23.5 Å². The number of anilines is 1. The van der Waals surface area contributed by atoms with Gasteiger partial charge < -0.3 is 14.3 Å². The Morgan fingerprint density at radius 2 is 1.79 bits per heavy atom. The van der Waals surface area contributed by atoms with Crippen LogP contribution in [-0.4, -0.2) is 57.1 Å². The number of benzene rings is 1. The van der Waals surface area contributed by atoms with E-state index in [4.69, 9.17) is 16.1 Å². The van der Waals surface area contributed by atoms with E-state index in [2.05, 4.69) is 25.0 Å². The molecule has 1 aliphatic rings. The molecule has 0 aliphatic carbocycles. The first kappa shape index (κ1) is 18.4. The van der Waals surface area contributed by atoms with Gasteiger partial charge in [0.2, 0.25) is 23.6 Å². The number of aryl methyl sites for hydroxylation is 1. The van der Waals surface area contributed by atoms with Crippen LogP contribution in [0.5, 0.6) is 0 Å². The smallest absolute Gasteiger partial charge is 0.227 e. The van der Waals surface area contributed by atoms with Crippen LogP contribution < -0.4 is 4.90 Å². The van der Waals surface area contributed by atoms with Crippen LogP contribution in [0.4, 0.5) is 5.95 Å². The average molecular weight is 399 g/mol. The molecule has 1 fully saturated rings. The second kappa shape index (κ2) is 8.35. The summed E-state index contributed by atoms with van der Waals surface area (Å²) in [5, 5.41) is 4.63. The summed E-state index contributed by atoms with van der Waals surface area (Å²) in [6.45, 7) is 2.74. The van der Waals surface area contributed by atoms with Gasteiger partial charge in [-0.25, -0.2) is 9.97 Å². The molecular formula is C19H19ClN6O2.